The fraction of sp³-hybridized carbons (Fsp3) is 0.364. The van der Waals surface area contributed by atoms with Crippen LogP contribution >= 0.6 is 0 Å². The minimum absolute atomic E-state index is 0.146. The number of urea groups is 1. The van der Waals surface area contributed by atoms with Gasteiger partial charge in [0.05, 0.1) is 6.54 Å². The molecule has 2 N–H and O–H groups in total. The minimum Gasteiger partial charge on any atom is -0.490 e. The smallest absolute Gasteiger partial charge is 0.325 e. The average Bonchev–Trinajstić information content (AvgIpc) is 2.90. The van der Waals surface area contributed by atoms with Gasteiger partial charge in [-0.25, -0.2) is 13.6 Å². The van der Waals surface area contributed by atoms with E-state index in [1.54, 1.807) is 0 Å². The summed E-state index contributed by atoms with van der Waals surface area (Å²) in [6.07, 6.45) is -1.17. The van der Waals surface area contributed by atoms with E-state index in [1.165, 1.54) is 6.92 Å². The first-order valence-corrected chi connectivity index (χ1v) is 9.52. The van der Waals surface area contributed by atoms with Gasteiger partial charge in [0.15, 0.2) is 0 Å². The van der Waals surface area contributed by atoms with Crippen molar-refractivity contribution in [3.8, 4) is 5.75 Å². The first kappa shape index (κ1) is 21.7. The largest absolute Gasteiger partial charge is 0.490 e. The van der Waals surface area contributed by atoms with E-state index in [2.05, 4.69) is 5.32 Å². The summed E-state index contributed by atoms with van der Waals surface area (Å²) in [6.45, 7) is 6.53. The van der Waals surface area contributed by atoms with Gasteiger partial charge in [0.2, 0.25) is 0 Å². The SMILES string of the molecule is Cc1ccc(C)c(OC[C@@H](O)CN2C(=O)N[C@@](C)(c3cc(F)ccc3F)C2=O)c1C. The zero-order valence-corrected chi connectivity index (χ0v) is 17.3. The molecule has 0 bridgehead atoms. The number of carbonyl (C=O) groups is 2. The van der Waals surface area contributed by atoms with Crippen molar-refractivity contribution in [2.24, 2.45) is 0 Å². The molecule has 2 aromatic carbocycles. The number of aliphatic hydroxyl groups excluding tert-OH is 1. The molecule has 1 aliphatic heterocycles. The fourth-order valence-electron chi connectivity index (χ4n) is 3.52. The third-order valence-corrected chi connectivity index (χ3v) is 5.43. The number of hydrogen-bond acceptors (Lipinski definition) is 4. The minimum atomic E-state index is -1.77. The number of nitrogens with zero attached hydrogens (tertiary/aromatic N) is 1. The second-order valence-corrected chi connectivity index (χ2v) is 7.71. The van der Waals surface area contributed by atoms with Crippen LogP contribution < -0.4 is 10.1 Å². The number of nitrogens with one attached hydrogen (secondary N) is 1. The topological polar surface area (TPSA) is 78.9 Å². The molecule has 0 radical (unpaired) electrons. The van der Waals surface area contributed by atoms with E-state index < -0.39 is 35.2 Å². The number of imide groups is 1. The van der Waals surface area contributed by atoms with Gasteiger partial charge in [-0.3, -0.25) is 9.69 Å². The van der Waals surface area contributed by atoms with E-state index in [9.17, 15) is 23.5 Å². The number of hydrogen-bond donors (Lipinski definition) is 2. The summed E-state index contributed by atoms with van der Waals surface area (Å²) >= 11 is 0. The lowest BCUT2D eigenvalue weighted by atomic mass is 9.91. The molecule has 0 aliphatic carbocycles. The molecule has 1 aliphatic rings. The van der Waals surface area contributed by atoms with Crippen LogP contribution in [0.25, 0.3) is 0 Å². The number of benzene rings is 2. The highest BCUT2D eigenvalue weighted by atomic mass is 19.1. The first-order chi connectivity index (χ1) is 14.0. The number of amides is 3. The molecule has 1 fully saturated rings. The number of aryl methyl sites for hydroxylation is 2. The third-order valence-electron chi connectivity index (χ3n) is 5.43. The standard InChI is InChI=1S/C22H24F2N2O4/c1-12-5-6-13(2)19(14(12)3)30-11-16(27)10-26-20(28)22(4,25-21(26)29)17-9-15(23)7-8-18(17)24/h5-9,16,27H,10-11H2,1-4H3,(H,25,29)/t16-,22-/m0/s1. The molecule has 3 rings (SSSR count). The van der Waals surface area contributed by atoms with Crippen molar-refractivity contribution in [3.05, 3.63) is 64.2 Å². The summed E-state index contributed by atoms with van der Waals surface area (Å²) in [4.78, 5) is 26.0. The summed E-state index contributed by atoms with van der Waals surface area (Å²) in [5.41, 5.74) is 0.820. The number of β-amino-alcohol motifs (C(OH)–C–C–N with tert-alkyl or cyclic N) is 1. The van der Waals surface area contributed by atoms with Gasteiger partial charge in [0.25, 0.3) is 5.91 Å². The van der Waals surface area contributed by atoms with Crippen molar-refractivity contribution in [2.75, 3.05) is 13.2 Å². The molecule has 3 amide bonds. The Labute approximate surface area is 173 Å². The predicted molar refractivity (Wildman–Crippen MR) is 106 cm³/mol. The second-order valence-electron chi connectivity index (χ2n) is 7.71. The number of rotatable bonds is 6. The Kier molecular flexibility index (Phi) is 5.81. The molecule has 30 heavy (non-hydrogen) atoms. The lowest BCUT2D eigenvalue weighted by Crippen LogP contribution is -2.43. The summed E-state index contributed by atoms with van der Waals surface area (Å²) in [6, 6.07) is 5.77. The summed E-state index contributed by atoms with van der Waals surface area (Å²) in [5.74, 6) is -1.69. The zero-order valence-electron chi connectivity index (χ0n) is 17.3. The van der Waals surface area contributed by atoms with Crippen molar-refractivity contribution < 1.29 is 28.2 Å². The Morgan fingerprint density at radius 1 is 1.13 bits per heavy atom. The van der Waals surface area contributed by atoms with E-state index in [-0.39, 0.29) is 18.7 Å². The van der Waals surface area contributed by atoms with Crippen LogP contribution in [0.2, 0.25) is 0 Å². The van der Waals surface area contributed by atoms with Gasteiger partial charge in [-0.05, 0) is 62.6 Å². The molecule has 0 saturated carbocycles. The number of aliphatic hydroxyl groups is 1. The number of carbonyl (C=O) groups excluding carboxylic acids is 2. The van der Waals surface area contributed by atoms with Crippen LogP contribution in [0.1, 0.15) is 29.2 Å². The second kappa shape index (κ2) is 8.02. The quantitative estimate of drug-likeness (QED) is 0.707. The molecule has 1 heterocycles. The molecule has 0 spiro atoms. The maximum atomic E-state index is 14.2. The number of halogens is 2. The molecule has 0 aromatic heterocycles. The monoisotopic (exact) mass is 418 g/mol. The van der Waals surface area contributed by atoms with Crippen LogP contribution in [-0.2, 0) is 10.3 Å². The predicted octanol–water partition coefficient (Wildman–Crippen LogP) is 3.10. The lowest BCUT2D eigenvalue weighted by molar-refractivity contribution is -0.132. The Hall–Kier alpha value is -3.00. The third kappa shape index (κ3) is 3.87. The molecule has 1 saturated heterocycles. The Bertz CT molecular complexity index is 1010. The van der Waals surface area contributed by atoms with E-state index in [1.807, 2.05) is 32.9 Å². The molecule has 6 nitrogen and oxygen atoms in total. The van der Waals surface area contributed by atoms with Crippen LogP contribution in [0, 0.1) is 32.4 Å². The summed E-state index contributed by atoms with van der Waals surface area (Å²) in [7, 11) is 0. The summed E-state index contributed by atoms with van der Waals surface area (Å²) in [5, 5.41) is 12.8. The van der Waals surface area contributed by atoms with Crippen molar-refractivity contribution in [3.63, 3.8) is 0 Å². The molecular weight excluding hydrogens is 394 g/mol. The Balaban J connectivity index is 1.73. The Morgan fingerprint density at radius 3 is 2.50 bits per heavy atom. The molecule has 8 heteroatoms. The fourth-order valence-corrected chi connectivity index (χ4v) is 3.52. The average molecular weight is 418 g/mol. The van der Waals surface area contributed by atoms with Crippen molar-refractivity contribution in [1.29, 1.82) is 0 Å². The van der Waals surface area contributed by atoms with E-state index in [0.29, 0.717) is 5.75 Å². The van der Waals surface area contributed by atoms with E-state index >= 15 is 0 Å². The van der Waals surface area contributed by atoms with Crippen LogP contribution in [0.3, 0.4) is 0 Å². The zero-order chi connectivity index (χ0) is 22.2. The van der Waals surface area contributed by atoms with Crippen LogP contribution in [0.5, 0.6) is 5.75 Å². The van der Waals surface area contributed by atoms with E-state index in [0.717, 1.165) is 39.8 Å². The lowest BCUT2D eigenvalue weighted by Gasteiger charge is -2.24. The van der Waals surface area contributed by atoms with Gasteiger partial charge in [-0.1, -0.05) is 12.1 Å². The van der Waals surface area contributed by atoms with Gasteiger partial charge in [-0.2, -0.15) is 0 Å². The molecule has 0 unspecified atom stereocenters. The van der Waals surface area contributed by atoms with Crippen LogP contribution in [0.4, 0.5) is 13.6 Å². The van der Waals surface area contributed by atoms with Crippen molar-refractivity contribution >= 4 is 11.9 Å². The van der Waals surface area contributed by atoms with Gasteiger partial charge in [0, 0.05) is 5.56 Å². The van der Waals surface area contributed by atoms with Crippen molar-refractivity contribution in [2.45, 2.75) is 39.3 Å². The molecule has 2 atom stereocenters. The Morgan fingerprint density at radius 2 is 1.80 bits per heavy atom. The maximum absolute atomic E-state index is 14.2. The molecular formula is C22H24F2N2O4. The first-order valence-electron chi connectivity index (χ1n) is 9.52. The van der Waals surface area contributed by atoms with Gasteiger partial charge in [-0.15, -0.1) is 0 Å². The highest BCUT2D eigenvalue weighted by Gasteiger charge is 2.50. The van der Waals surface area contributed by atoms with Crippen molar-refractivity contribution in [1.82, 2.24) is 10.2 Å². The van der Waals surface area contributed by atoms with Crippen LogP contribution in [-0.4, -0.2) is 41.2 Å². The maximum Gasteiger partial charge on any atom is 0.325 e. The highest BCUT2D eigenvalue weighted by molar-refractivity contribution is 6.07. The van der Waals surface area contributed by atoms with Gasteiger partial charge < -0.3 is 15.2 Å². The normalized spacial score (nSPS) is 19.8. The highest BCUT2D eigenvalue weighted by Crippen LogP contribution is 2.31. The van der Waals surface area contributed by atoms with Crippen LogP contribution in [0.15, 0.2) is 30.3 Å². The molecule has 2 aromatic rings. The number of ether oxygens (including phenoxy) is 1. The van der Waals surface area contributed by atoms with Gasteiger partial charge >= 0.3 is 6.03 Å². The molecule has 160 valence electrons. The van der Waals surface area contributed by atoms with Gasteiger partial charge in [0.1, 0.15) is 35.6 Å². The summed E-state index contributed by atoms with van der Waals surface area (Å²) < 4.78 is 33.5. The van der Waals surface area contributed by atoms with E-state index in [4.69, 9.17) is 4.74 Å².